The van der Waals surface area contributed by atoms with E-state index in [-0.39, 0.29) is 17.4 Å². The van der Waals surface area contributed by atoms with Crippen LogP contribution in [-0.4, -0.2) is 40.3 Å². The SMILES string of the molecule is O=C(c1ccc[nH]c1=O)N1CCC2(CC1)Nc1ccccc1NC2=O. The van der Waals surface area contributed by atoms with Crippen LogP contribution < -0.4 is 16.2 Å². The van der Waals surface area contributed by atoms with Gasteiger partial charge in [-0.3, -0.25) is 14.4 Å². The number of para-hydroxylation sites is 2. The van der Waals surface area contributed by atoms with Crippen LogP contribution in [0.4, 0.5) is 11.4 Å². The first kappa shape index (κ1) is 15.4. The molecule has 3 N–H and O–H groups in total. The second-order valence-electron chi connectivity index (χ2n) is 6.41. The van der Waals surface area contributed by atoms with Crippen molar-refractivity contribution < 1.29 is 9.59 Å². The number of pyridine rings is 1. The highest BCUT2D eigenvalue weighted by Gasteiger charge is 2.45. The Morgan fingerprint density at radius 2 is 1.72 bits per heavy atom. The lowest BCUT2D eigenvalue weighted by atomic mass is 9.84. The van der Waals surface area contributed by atoms with Crippen LogP contribution in [0.15, 0.2) is 47.4 Å². The number of H-pyrrole nitrogens is 1. The van der Waals surface area contributed by atoms with E-state index in [4.69, 9.17) is 0 Å². The highest BCUT2D eigenvalue weighted by molar-refractivity contribution is 6.06. The first-order chi connectivity index (χ1) is 12.1. The Hall–Kier alpha value is -3.09. The van der Waals surface area contributed by atoms with E-state index < -0.39 is 11.1 Å². The molecule has 25 heavy (non-hydrogen) atoms. The number of benzene rings is 1. The number of hydrogen-bond acceptors (Lipinski definition) is 4. The van der Waals surface area contributed by atoms with Crippen molar-refractivity contribution in [3.63, 3.8) is 0 Å². The fraction of sp³-hybridized carbons (Fsp3) is 0.278. The summed E-state index contributed by atoms with van der Waals surface area (Å²) in [6.07, 6.45) is 2.48. The van der Waals surface area contributed by atoms with E-state index in [0.717, 1.165) is 11.4 Å². The van der Waals surface area contributed by atoms with Gasteiger partial charge < -0.3 is 20.5 Å². The maximum Gasteiger partial charge on any atom is 0.260 e. The number of nitrogens with zero attached hydrogens (tertiary/aromatic N) is 1. The van der Waals surface area contributed by atoms with Crippen molar-refractivity contribution in [2.75, 3.05) is 23.7 Å². The topological polar surface area (TPSA) is 94.3 Å². The molecule has 3 heterocycles. The second kappa shape index (κ2) is 5.77. The molecule has 0 atom stereocenters. The van der Waals surface area contributed by atoms with Crippen LogP contribution in [0, 0.1) is 0 Å². The van der Waals surface area contributed by atoms with E-state index in [2.05, 4.69) is 15.6 Å². The van der Waals surface area contributed by atoms with Gasteiger partial charge in [-0.15, -0.1) is 0 Å². The van der Waals surface area contributed by atoms with Gasteiger partial charge in [0.05, 0.1) is 11.4 Å². The van der Waals surface area contributed by atoms with Gasteiger partial charge in [-0.2, -0.15) is 0 Å². The van der Waals surface area contributed by atoms with Crippen molar-refractivity contribution in [1.82, 2.24) is 9.88 Å². The summed E-state index contributed by atoms with van der Waals surface area (Å²) in [5.74, 6) is -0.371. The molecule has 7 nitrogen and oxygen atoms in total. The average Bonchev–Trinajstić information content (AvgIpc) is 2.63. The third kappa shape index (κ3) is 2.57. The van der Waals surface area contributed by atoms with E-state index in [0.29, 0.717) is 25.9 Å². The van der Waals surface area contributed by atoms with E-state index in [1.165, 1.54) is 12.3 Å². The van der Waals surface area contributed by atoms with Crippen LogP contribution in [-0.2, 0) is 4.79 Å². The van der Waals surface area contributed by atoms with Crippen molar-refractivity contribution in [2.45, 2.75) is 18.4 Å². The Bertz CT molecular complexity index is 897. The zero-order valence-corrected chi connectivity index (χ0v) is 13.5. The molecular formula is C18H18N4O3. The van der Waals surface area contributed by atoms with E-state index in [9.17, 15) is 14.4 Å². The number of piperidine rings is 1. The van der Waals surface area contributed by atoms with Crippen molar-refractivity contribution >= 4 is 23.2 Å². The number of anilines is 2. The molecule has 0 aliphatic carbocycles. The van der Waals surface area contributed by atoms with Crippen LogP contribution in [0.25, 0.3) is 0 Å². The van der Waals surface area contributed by atoms with Crippen LogP contribution in [0.3, 0.4) is 0 Å². The fourth-order valence-electron chi connectivity index (χ4n) is 3.46. The lowest BCUT2D eigenvalue weighted by Gasteiger charge is -2.44. The Morgan fingerprint density at radius 3 is 2.44 bits per heavy atom. The van der Waals surface area contributed by atoms with Gasteiger partial charge in [0.15, 0.2) is 0 Å². The predicted octanol–water partition coefficient (Wildman–Crippen LogP) is 1.41. The van der Waals surface area contributed by atoms with Gasteiger partial charge in [0, 0.05) is 19.3 Å². The van der Waals surface area contributed by atoms with Crippen molar-refractivity contribution in [3.8, 4) is 0 Å². The third-order valence-electron chi connectivity index (χ3n) is 4.94. The van der Waals surface area contributed by atoms with E-state index in [1.54, 1.807) is 11.0 Å². The number of nitrogens with one attached hydrogen (secondary N) is 3. The van der Waals surface area contributed by atoms with Crippen molar-refractivity contribution in [3.05, 3.63) is 58.5 Å². The molecule has 0 bridgehead atoms. The number of amides is 2. The van der Waals surface area contributed by atoms with E-state index in [1.807, 2.05) is 24.3 Å². The van der Waals surface area contributed by atoms with Crippen LogP contribution in [0.1, 0.15) is 23.2 Å². The minimum atomic E-state index is -0.714. The molecule has 7 heteroatoms. The first-order valence-corrected chi connectivity index (χ1v) is 8.25. The smallest absolute Gasteiger partial charge is 0.260 e. The Morgan fingerprint density at radius 1 is 1.00 bits per heavy atom. The highest BCUT2D eigenvalue weighted by atomic mass is 16.2. The molecule has 1 aromatic carbocycles. The minimum absolute atomic E-state index is 0.0733. The monoisotopic (exact) mass is 338 g/mol. The van der Waals surface area contributed by atoms with Gasteiger partial charge >= 0.3 is 0 Å². The average molecular weight is 338 g/mol. The zero-order chi connectivity index (χ0) is 17.4. The molecule has 1 saturated heterocycles. The molecule has 2 amide bonds. The maximum absolute atomic E-state index is 12.6. The summed E-state index contributed by atoms with van der Waals surface area (Å²) in [4.78, 5) is 41.1. The zero-order valence-electron chi connectivity index (χ0n) is 13.5. The standard InChI is InChI=1S/C18H18N4O3/c23-15-12(4-3-9-19-15)16(24)22-10-7-18(8-11-22)17(25)20-13-5-1-2-6-14(13)21-18/h1-6,9,21H,7-8,10-11H2,(H,19,23)(H,20,25). The molecule has 1 fully saturated rings. The van der Waals surface area contributed by atoms with Gasteiger partial charge in [-0.05, 0) is 37.1 Å². The fourth-order valence-corrected chi connectivity index (χ4v) is 3.46. The number of likely N-dealkylation sites (tertiary alicyclic amines) is 1. The van der Waals surface area contributed by atoms with Crippen LogP contribution in [0.2, 0.25) is 0 Å². The summed E-state index contributed by atoms with van der Waals surface area (Å²) in [5, 5.41) is 6.30. The largest absolute Gasteiger partial charge is 0.369 e. The Kier molecular flexibility index (Phi) is 3.56. The van der Waals surface area contributed by atoms with Gasteiger partial charge in [-0.25, -0.2) is 0 Å². The van der Waals surface area contributed by atoms with Gasteiger partial charge in [0.1, 0.15) is 11.1 Å². The lowest BCUT2D eigenvalue weighted by molar-refractivity contribution is -0.122. The molecule has 0 unspecified atom stereocenters. The minimum Gasteiger partial charge on any atom is -0.369 e. The Labute approximate surface area is 144 Å². The normalized spacial score (nSPS) is 18.2. The number of carbonyl (C=O) groups is 2. The molecule has 1 spiro atoms. The molecule has 0 saturated carbocycles. The summed E-state index contributed by atoms with van der Waals surface area (Å²) >= 11 is 0. The summed E-state index contributed by atoms with van der Waals surface area (Å²) < 4.78 is 0. The molecule has 2 aliphatic rings. The summed E-state index contributed by atoms with van der Waals surface area (Å²) in [7, 11) is 0. The summed E-state index contributed by atoms with van der Waals surface area (Å²) in [6.45, 7) is 0.825. The molecule has 1 aromatic heterocycles. The summed E-state index contributed by atoms with van der Waals surface area (Å²) in [5.41, 5.74) is 0.683. The Balaban J connectivity index is 1.52. The number of hydrogen-bond donors (Lipinski definition) is 3. The van der Waals surface area contributed by atoms with Crippen molar-refractivity contribution in [1.29, 1.82) is 0 Å². The molecule has 4 rings (SSSR count). The van der Waals surface area contributed by atoms with Crippen molar-refractivity contribution in [2.24, 2.45) is 0 Å². The second-order valence-corrected chi connectivity index (χ2v) is 6.41. The number of aromatic amines is 1. The predicted molar refractivity (Wildman–Crippen MR) is 93.6 cm³/mol. The molecule has 2 aliphatic heterocycles. The third-order valence-corrected chi connectivity index (χ3v) is 4.94. The molecule has 2 aromatic rings. The van der Waals surface area contributed by atoms with Gasteiger partial charge in [-0.1, -0.05) is 12.1 Å². The first-order valence-electron chi connectivity index (χ1n) is 8.25. The van der Waals surface area contributed by atoms with Crippen LogP contribution in [0.5, 0.6) is 0 Å². The molecule has 0 radical (unpaired) electrons. The van der Waals surface area contributed by atoms with E-state index >= 15 is 0 Å². The van der Waals surface area contributed by atoms with Crippen LogP contribution >= 0.6 is 0 Å². The number of carbonyl (C=O) groups excluding carboxylic acids is 2. The van der Waals surface area contributed by atoms with Gasteiger partial charge in [0.2, 0.25) is 5.91 Å². The quantitative estimate of drug-likeness (QED) is 0.733. The number of fused-ring (bicyclic) bond motifs is 1. The number of aromatic nitrogens is 1. The molecule has 128 valence electrons. The maximum atomic E-state index is 12.6. The number of rotatable bonds is 1. The lowest BCUT2D eigenvalue weighted by Crippen LogP contribution is -2.59. The summed E-state index contributed by atoms with van der Waals surface area (Å²) in [6, 6.07) is 10.7. The molecular weight excluding hydrogens is 320 g/mol. The highest BCUT2D eigenvalue weighted by Crippen LogP contribution is 2.36. The van der Waals surface area contributed by atoms with Gasteiger partial charge in [0.25, 0.3) is 11.5 Å².